The Morgan fingerprint density at radius 2 is 1.75 bits per heavy atom. The fourth-order valence-corrected chi connectivity index (χ4v) is 3.84. The second-order valence-corrected chi connectivity index (χ2v) is 9.30. The number of hydrogen-bond donors (Lipinski definition) is 1. The number of Topliss-reactive ketones (excluding diaryl/α,β-unsaturated/α-hetero) is 1. The van der Waals surface area contributed by atoms with Gasteiger partial charge in [0.15, 0.2) is 11.4 Å². The fourth-order valence-electron chi connectivity index (χ4n) is 3.84. The number of hydrogen-bond acceptors (Lipinski definition) is 5. The highest BCUT2D eigenvalue weighted by Gasteiger charge is 2.36. The van der Waals surface area contributed by atoms with Gasteiger partial charge in [-0.3, -0.25) is 9.59 Å². The summed E-state index contributed by atoms with van der Waals surface area (Å²) in [7, 11) is 0. The third kappa shape index (κ3) is 4.40. The standard InChI is InChI=1S/C26H32N2O4/c1-7-26(8-2,24-28-19-14-17(23(27)30)9-11-21(19)32-24)18-10-12-20(16(3)13-18)31-15-22(29)25(4,5)6/h9-14H,7-8,15H2,1-6H3,(H2,27,30). The van der Waals surface area contributed by atoms with Crippen molar-refractivity contribution in [2.45, 2.75) is 59.8 Å². The normalized spacial score (nSPS) is 12.2. The molecule has 170 valence electrons. The van der Waals surface area contributed by atoms with Crippen molar-refractivity contribution < 1.29 is 18.7 Å². The average molecular weight is 437 g/mol. The highest BCUT2D eigenvalue weighted by molar-refractivity contribution is 5.95. The van der Waals surface area contributed by atoms with Crippen LogP contribution in [0.4, 0.5) is 0 Å². The summed E-state index contributed by atoms with van der Waals surface area (Å²) in [5.41, 5.74) is 8.18. The van der Waals surface area contributed by atoms with Crippen LogP contribution in [0.5, 0.6) is 5.75 Å². The van der Waals surface area contributed by atoms with Crippen molar-refractivity contribution in [2.24, 2.45) is 11.1 Å². The first-order chi connectivity index (χ1) is 15.0. The summed E-state index contributed by atoms with van der Waals surface area (Å²) in [6.07, 6.45) is 1.56. The molecule has 0 saturated carbocycles. The van der Waals surface area contributed by atoms with Gasteiger partial charge in [-0.2, -0.15) is 0 Å². The lowest BCUT2D eigenvalue weighted by Gasteiger charge is -2.29. The number of oxazole rings is 1. The number of carbonyl (C=O) groups is 2. The Labute approximate surface area is 189 Å². The molecule has 3 aromatic rings. The molecule has 0 aliphatic rings. The quantitative estimate of drug-likeness (QED) is 0.514. The number of ketones is 1. The van der Waals surface area contributed by atoms with E-state index >= 15 is 0 Å². The molecule has 0 aliphatic carbocycles. The Hall–Kier alpha value is -3.15. The van der Waals surface area contributed by atoms with Gasteiger partial charge in [0.25, 0.3) is 0 Å². The van der Waals surface area contributed by atoms with Crippen LogP contribution < -0.4 is 10.5 Å². The third-order valence-electron chi connectivity index (χ3n) is 6.21. The van der Waals surface area contributed by atoms with Gasteiger partial charge in [-0.25, -0.2) is 4.98 Å². The predicted molar refractivity (Wildman–Crippen MR) is 125 cm³/mol. The molecule has 0 saturated heterocycles. The molecule has 0 fully saturated rings. The molecule has 1 amide bonds. The molecule has 0 unspecified atom stereocenters. The maximum Gasteiger partial charge on any atom is 0.248 e. The average Bonchev–Trinajstić information content (AvgIpc) is 3.17. The number of aromatic nitrogens is 1. The van der Waals surface area contributed by atoms with Crippen LogP contribution in [-0.2, 0) is 10.2 Å². The third-order valence-corrected chi connectivity index (χ3v) is 6.21. The first-order valence-corrected chi connectivity index (χ1v) is 11.0. The molecule has 1 heterocycles. The lowest BCUT2D eigenvalue weighted by molar-refractivity contribution is -0.128. The number of primary amides is 1. The number of ether oxygens (including phenoxy) is 1. The smallest absolute Gasteiger partial charge is 0.248 e. The van der Waals surface area contributed by atoms with Crippen LogP contribution in [-0.4, -0.2) is 23.3 Å². The van der Waals surface area contributed by atoms with Crippen LogP contribution >= 0.6 is 0 Å². The minimum atomic E-state index is -0.496. The Morgan fingerprint density at radius 1 is 1.06 bits per heavy atom. The van der Waals surface area contributed by atoms with Crippen molar-refractivity contribution in [2.75, 3.05) is 6.61 Å². The van der Waals surface area contributed by atoms with Gasteiger partial charge in [-0.15, -0.1) is 0 Å². The second kappa shape index (κ2) is 8.77. The van der Waals surface area contributed by atoms with E-state index < -0.39 is 16.7 Å². The Morgan fingerprint density at radius 3 is 2.31 bits per heavy atom. The number of carbonyl (C=O) groups excluding carboxylic acids is 2. The first-order valence-electron chi connectivity index (χ1n) is 11.0. The van der Waals surface area contributed by atoms with E-state index in [1.165, 1.54) is 0 Å². The molecule has 2 N–H and O–H groups in total. The van der Waals surface area contributed by atoms with Gasteiger partial charge in [0, 0.05) is 11.0 Å². The maximum atomic E-state index is 12.2. The molecular formula is C26H32N2O4. The molecule has 0 aliphatic heterocycles. The van der Waals surface area contributed by atoms with Gasteiger partial charge in [-0.05, 0) is 55.2 Å². The number of amides is 1. The first kappa shape index (κ1) is 23.5. The number of rotatable bonds is 8. The van der Waals surface area contributed by atoms with Gasteiger partial charge < -0.3 is 14.9 Å². The van der Waals surface area contributed by atoms with Crippen molar-refractivity contribution in [3.05, 3.63) is 59.0 Å². The number of fused-ring (bicyclic) bond motifs is 1. The van der Waals surface area contributed by atoms with Crippen molar-refractivity contribution >= 4 is 22.8 Å². The lowest BCUT2D eigenvalue weighted by atomic mass is 9.75. The van der Waals surface area contributed by atoms with Crippen LogP contribution in [0.3, 0.4) is 0 Å². The maximum absolute atomic E-state index is 12.2. The Kier molecular flexibility index (Phi) is 6.44. The van der Waals surface area contributed by atoms with E-state index in [0.29, 0.717) is 28.3 Å². The summed E-state index contributed by atoms with van der Waals surface area (Å²) >= 11 is 0. The molecule has 3 rings (SSSR count). The topological polar surface area (TPSA) is 95.4 Å². The largest absolute Gasteiger partial charge is 0.486 e. The van der Waals surface area contributed by atoms with E-state index in [1.807, 2.05) is 39.8 Å². The van der Waals surface area contributed by atoms with E-state index in [0.717, 1.165) is 24.0 Å². The van der Waals surface area contributed by atoms with E-state index in [-0.39, 0.29) is 12.4 Å². The van der Waals surface area contributed by atoms with Crippen molar-refractivity contribution in [3.63, 3.8) is 0 Å². The van der Waals surface area contributed by atoms with Crippen LogP contribution in [0, 0.1) is 12.3 Å². The molecular weight excluding hydrogens is 404 g/mol. The molecule has 0 spiro atoms. The summed E-state index contributed by atoms with van der Waals surface area (Å²) < 4.78 is 12.0. The zero-order chi connectivity index (χ0) is 23.7. The number of aryl methyl sites for hydroxylation is 1. The highest BCUT2D eigenvalue weighted by Crippen LogP contribution is 2.41. The number of benzene rings is 2. The summed E-state index contributed by atoms with van der Waals surface area (Å²) in [6.45, 7) is 11.9. The summed E-state index contributed by atoms with van der Waals surface area (Å²) in [5.74, 6) is 0.857. The van der Waals surface area contributed by atoms with Gasteiger partial charge in [0.1, 0.15) is 17.9 Å². The van der Waals surface area contributed by atoms with Crippen molar-refractivity contribution in [1.82, 2.24) is 4.98 Å². The zero-order valence-corrected chi connectivity index (χ0v) is 19.7. The molecule has 0 atom stereocenters. The van der Waals surface area contributed by atoms with Crippen LogP contribution in [0.15, 0.2) is 40.8 Å². The minimum absolute atomic E-state index is 0.0453. The molecule has 6 nitrogen and oxygen atoms in total. The monoisotopic (exact) mass is 436 g/mol. The zero-order valence-electron chi connectivity index (χ0n) is 19.7. The molecule has 6 heteroatoms. The molecule has 32 heavy (non-hydrogen) atoms. The fraction of sp³-hybridized carbons (Fsp3) is 0.423. The van der Waals surface area contributed by atoms with E-state index in [1.54, 1.807) is 18.2 Å². The van der Waals surface area contributed by atoms with Gasteiger partial charge in [0.05, 0.1) is 5.41 Å². The Balaban J connectivity index is 1.97. The predicted octanol–water partition coefficient (Wildman–Crippen LogP) is 5.34. The van der Waals surface area contributed by atoms with Gasteiger partial charge >= 0.3 is 0 Å². The van der Waals surface area contributed by atoms with Crippen molar-refractivity contribution in [1.29, 1.82) is 0 Å². The van der Waals surface area contributed by atoms with Crippen LogP contribution in [0.2, 0.25) is 0 Å². The van der Waals surface area contributed by atoms with Gasteiger partial charge in [0.2, 0.25) is 11.8 Å². The van der Waals surface area contributed by atoms with Gasteiger partial charge in [-0.1, -0.05) is 46.8 Å². The summed E-state index contributed by atoms with van der Waals surface area (Å²) in [5, 5.41) is 0. The molecule has 0 bridgehead atoms. The number of nitrogens with zero attached hydrogens (tertiary/aromatic N) is 1. The summed E-state index contributed by atoms with van der Waals surface area (Å²) in [4.78, 5) is 28.5. The minimum Gasteiger partial charge on any atom is -0.486 e. The molecule has 2 aromatic carbocycles. The summed E-state index contributed by atoms with van der Waals surface area (Å²) in [6, 6.07) is 11.0. The molecule has 1 aromatic heterocycles. The van der Waals surface area contributed by atoms with E-state index in [9.17, 15) is 9.59 Å². The number of nitrogens with two attached hydrogens (primary N) is 1. The van der Waals surface area contributed by atoms with E-state index in [2.05, 4.69) is 19.9 Å². The van der Waals surface area contributed by atoms with Crippen LogP contribution in [0.1, 0.15) is 74.8 Å². The van der Waals surface area contributed by atoms with Crippen molar-refractivity contribution in [3.8, 4) is 5.75 Å². The lowest BCUT2D eigenvalue weighted by Crippen LogP contribution is -2.27. The van der Waals surface area contributed by atoms with Crippen LogP contribution in [0.25, 0.3) is 11.1 Å². The highest BCUT2D eigenvalue weighted by atomic mass is 16.5. The van der Waals surface area contributed by atoms with E-state index in [4.69, 9.17) is 19.9 Å². The molecule has 0 radical (unpaired) electrons. The SMILES string of the molecule is CCC(CC)(c1ccc(OCC(=O)C(C)(C)C)c(C)c1)c1nc2cc(C(N)=O)ccc2o1. The second-order valence-electron chi connectivity index (χ2n) is 9.30. The Bertz CT molecular complexity index is 1150.